The third-order valence-electron chi connectivity index (χ3n) is 4.24. The topological polar surface area (TPSA) is 4.93 Å². The van der Waals surface area contributed by atoms with E-state index in [4.69, 9.17) is 0 Å². The average Bonchev–Trinajstić information content (AvgIpc) is 2.80. The minimum absolute atomic E-state index is 0.414. The summed E-state index contributed by atoms with van der Waals surface area (Å²) in [6.45, 7) is 25.0. The Hall–Kier alpha value is -2.28. The first-order valence-corrected chi connectivity index (χ1v) is 8.50. The highest BCUT2D eigenvalue weighted by Crippen LogP contribution is 2.36. The van der Waals surface area contributed by atoms with E-state index in [2.05, 4.69) is 76.3 Å². The molecule has 0 radical (unpaired) electrons. The van der Waals surface area contributed by atoms with Gasteiger partial charge in [0.1, 0.15) is 0 Å². The smallest absolute Gasteiger partial charge is 0.0568 e. The van der Waals surface area contributed by atoms with Gasteiger partial charge in [-0.15, -0.1) is 0 Å². The highest BCUT2D eigenvalue weighted by molar-refractivity contribution is 5.83. The predicted molar refractivity (Wildman–Crippen MR) is 112 cm³/mol. The molecule has 1 rings (SSSR count). The second-order valence-corrected chi connectivity index (χ2v) is 6.28. The lowest BCUT2D eigenvalue weighted by atomic mass is 9.95. The number of nitrogens with zero attached hydrogens (tertiary/aromatic N) is 1. The summed E-state index contributed by atoms with van der Waals surface area (Å²) >= 11 is 0. The van der Waals surface area contributed by atoms with Gasteiger partial charge in [0.2, 0.25) is 0 Å². The molecule has 1 aromatic heterocycles. The Kier molecular flexibility index (Phi) is 7.03. The third kappa shape index (κ3) is 3.79. The lowest BCUT2D eigenvalue weighted by Gasteiger charge is -2.18. The van der Waals surface area contributed by atoms with Crippen LogP contribution in [-0.2, 0) is 0 Å². The van der Waals surface area contributed by atoms with Crippen molar-refractivity contribution < 1.29 is 0 Å². The van der Waals surface area contributed by atoms with Gasteiger partial charge in [-0.3, -0.25) is 0 Å². The maximum absolute atomic E-state index is 4.31. The third-order valence-corrected chi connectivity index (χ3v) is 4.24. The molecule has 1 nitrogen and oxygen atoms in total. The summed E-state index contributed by atoms with van der Waals surface area (Å²) in [5.74, 6) is 0.414. The van der Waals surface area contributed by atoms with Crippen LogP contribution in [0.4, 0.5) is 0 Å². The molecule has 0 fully saturated rings. The number of hydrogen-bond acceptors (Lipinski definition) is 0. The molecule has 0 amide bonds. The minimum atomic E-state index is 0.414. The minimum Gasteiger partial charge on any atom is -0.314 e. The summed E-state index contributed by atoms with van der Waals surface area (Å²) in [6, 6.07) is 0. The van der Waals surface area contributed by atoms with Crippen LogP contribution in [0.25, 0.3) is 23.4 Å². The SMILES string of the molecule is C=C/C(C)=C/C(=C)n1c(C)c(/C=C\C)c(C=C)c1/C(=C\C)C(C)C. The second kappa shape index (κ2) is 8.54. The Bertz CT molecular complexity index is 731. The quantitative estimate of drug-likeness (QED) is 0.470. The lowest BCUT2D eigenvalue weighted by molar-refractivity contribution is 0.838. The Morgan fingerprint density at radius 2 is 1.75 bits per heavy atom. The molecule has 0 N–H and O–H groups in total. The van der Waals surface area contributed by atoms with Crippen LogP contribution in [0.3, 0.4) is 0 Å². The van der Waals surface area contributed by atoms with Crippen molar-refractivity contribution in [1.82, 2.24) is 4.57 Å². The van der Waals surface area contributed by atoms with Crippen LogP contribution >= 0.6 is 0 Å². The van der Waals surface area contributed by atoms with Crippen molar-refractivity contribution in [3.05, 3.63) is 72.1 Å². The molecule has 0 bridgehead atoms. The first-order valence-electron chi connectivity index (χ1n) is 8.50. The van der Waals surface area contributed by atoms with Crippen LogP contribution in [0, 0.1) is 12.8 Å². The Balaban J connectivity index is 3.89. The molecule has 0 saturated heterocycles. The summed E-state index contributed by atoms with van der Waals surface area (Å²) in [4.78, 5) is 0. The fourth-order valence-electron chi connectivity index (χ4n) is 3.09. The van der Waals surface area contributed by atoms with E-state index in [-0.39, 0.29) is 0 Å². The first-order chi connectivity index (χ1) is 11.3. The average molecular weight is 322 g/mol. The van der Waals surface area contributed by atoms with Crippen LogP contribution in [0.2, 0.25) is 0 Å². The molecule has 0 aromatic carbocycles. The summed E-state index contributed by atoms with van der Waals surface area (Å²) < 4.78 is 2.24. The number of allylic oxidation sites excluding steroid dienone is 7. The number of rotatable bonds is 7. The highest BCUT2D eigenvalue weighted by Gasteiger charge is 2.22. The standard InChI is InChI=1S/C23H31N/c1-10-14-22-19(9)24(18(8)15-17(7)11-2)23(21(22)13-4)20(12-3)16(5)6/h10-16H,2,4,8H2,1,3,5-7,9H3/b14-10-,17-15+,20-12-. The van der Waals surface area contributed by atoms with E-state index in [1.165, 1.54) is 28.1 Å². The van der Waals surface area contributed by atoms with Crippen molar-refractivity contribution in [2.75, 3.05) is 0 Å². The van der Waals surface area contributed by atoms with E-state index in [1.54, 1.807) is 0 Å². The van der Waals surface area contributed by atoms with Gasteiger partial charge in [0, 0.05) is 22.5 Å². The van der Waals surface area contributed by atoms with Crippen LogP contribution in [0.5, 0.6) is 0 Å². The molecular formula is C23H31N. The molecule has 0 saturated carbocycles. The van der Waals surface area contributed by atoms with Crippen molar-refractivity contribution in [2.45, 2.75) is 41.5 Å². The van der Waals surface area contributed by atoms with Crippen molar-refractivity contribution in [1.29, 1.82) is 0 Å². The Labute approximate surface area is 148 Å². The first kappa shape index (κ1) is 19.8. The Morgan fingerprint density at radius 1 is 1.12 bits per heavy atom. The van der Waals surface area contributed by atoms with E-state index in [1.807, 2.05) is 26.0 Å². The molecule has 0 atom stereocenters. The Morgan fingerprint density at radius 3 is 2.17 bits per heavy atom. The fraction of sp³-hybridized carbons (Fsp3) is 0.304. The normalized spacial score (nSPS) is 13.0. The zero-order valence-electron chi connectivity index (χ0n) is 16.1. The van der Waals surface area contributed by atoms with Gasteiger partial charge in [-0.1, -0.05) is 64.0 Å². The molecule has 24 heavy (non-hydrogen) atoms. The fourth-order valence-corrected chi connectivity index (χ4v) is 3.09. The second-order valence-electron chi connectivity index (χ2n) is 6.28. The maximum Gasteiger partial charge on any atom is 0.0568 e. The van der Waals surface area contributed by atoms with E-state index >= 15 is 0 Å². The number of hydrogen-bond donors (Lipinski definition) is 0. The monoisotopic (exact) mass is 321 g/mol. The van der Waals surface area contributed by atoms with Crippen molar-refractivity contribution in [3.63, 3.8) is 0 Å². The molecule has 0 unspecified atom stereocenters. The largest absolute Gasteiger partial charge is 0.314 e. The van der Waals surface area contributed by atoms with Gasteiger partial charge >= 0.3 is 0 Å². The van der Waals surface area contributed by atoms with Crippen molar-refractivity contribution >= 4 is 23.4 Å². The molecule has 0 aliphatic heterocycles. The van der Waals surface area contributed by atoms with E-state index in [0.29, 0.717) is 5.92 Å². The molecule has 0 spiro atoms. The summed E-state index contributed by atoms with van der Waals surface area (Å²) in [5.41, 5.74) is 8.07. The zero-order chi connectivity index (χ0) is 18.4. The van der Waals surface area contributed by atoms with Gasteiger partial charge in [-0.2, -0.15) is 0 Å². The van der Waals surface area contributed by atoms with Gasteiger partial charge in [0.25, 0.3) is 0 Å². The van der Waals surface area contributed by atoms with Crippen LogP contribution in [0.15, 0.2) is 49.6 Å². The molecule has 1 heteroatoms. The zero-order valence-corrected chi connectivity index (χ0v) is 16.1. The summed E-state index contributed by atoms with van der Waals surface area (Å²) in [6.07, 6.45) is 12.3. The van der Waals surface area contributed by atoms with Crippen LogP contribution in [0.1, 0.15) is 57.1 Å². The molecule has 1 aromatic rings. The van der Waals surface area contributed by atoms with Crippen LogP contribution in [-0.4, -0.2) is 4.57 Å². The number of aromatic nitrogens is 1. The molecule has 0 aliphatic carbocycles. The molecular weight excluding hydrogens is 290 g/mol. The van der Waals surface area contributed by atoms with Crippen molar-refractivity contribution in [2.24, 2.45) is 5.92 Å². The maximum atomic E-state index is 4.31. The van der Waals surface area contributed by atoms with Gasteiger partial charge in [-0.05, 0) is 50.8 Å². The van der Waals surface area contributed by atoms with E-state index in [9.17, 15) is 0 Å². The highest BCUT2D eigenvalue weighted by atomic mass is 15.0. The molecule has 1 heterocycles. The van der Waals surface area contributed by atoms with Crippen LogP contribution < -0.4 is 0 Å². The van der Waals surface area contributed by atoms with Gasteiger partial charge in [-0.25, -0.2) is 0 Å². The molecule has 0 aliphatic rings. The summed E-state index contributed by atoms with van der Waals surface area (Å²) in [7, 11) is 0. The van der Waals surface area contributed by atoms with E-state index < -0.39 is 0 Å². The van der Waals surface area contributed by atoms with E-state index in [0.717, 1.165) is 11.3 Å². The van der Waals surface area contributed by atoms with Crippen molar-refractivity contribution in [3.8, 4) is 0 Å². The predicted octanol–water partition coefficient (Wildman–Crippen LogP) is 7.13. The van der Waals surface area contributed by atoms with Gasteiger partial charge in [0.05, 0.1) is 5.69 Å². The van der Waals surface area contributed by atoms with Gasteiger partial charge in [0.15, 0.2) is 0 Å². The lowest BCUT2D eigenvalue weighted by Crippen LogP contribution is -2.06. The molecule has 128 valence electrons. The summed E-state index contributed by atoms with van der Waals surface area (Å²) in [5, 5.41) is 0. The van der Waals surface area contributed by atoms with Gasteiger partial charge < -0.3 is 4.57 Å².